The lowest BCUT2D eigenvalue weighted by Gasteiger charge is -2.01. The van der Waals surface area contributed by atoms with Crippen LogP contribution < -0.4 is 5.32 Å². The van der Waals surface area contributed by atoms with Gasteiger partial charge >= 0.3 is 0 Å². The Morgan fingerprint density at radius 2 is 2.22 bits per heavy atom. The molecule has 0 fully saturated rings. The summed E-state index contributed by atoms with van der Waals surface area (Å²) in [6.07, 6.45) is 3.64. The average molecular weight is 307 g/mol. The van der Waals surface area contributed by atoms with Crippen LogP contribution in [0.4, 0.5) is 5.95 Å². The van der Waals surface area contributed by atoms with Crippen molar-refractivity contribution in [2.24, 2.45) is 7.05 Å². The molecule has 0 aliphatic rings. The topological polar surface area (TPSA) is 60.0 Å². The fourth-order valence-corrected chi connectivity index (χ4v) is 2.00. The number of anilines is 1. The fourth-order valence-electron chi connectivity index (χ4n) is 1.68. The smallest absolute Gasteiger partial charge is 0.243 e. The summed E-state index contributed by atoms with van der Waals surface area (Å²) < 4.78 is 4.52. The first-order valence-corrected chi connectivity index (χ1v) is 6.24. The Kier molecular flexibility index (Phi) is 2.75. The highest BCUT2D eigenvalue weighted by Crippen LogP contribution is 2.12. The van der Waals surface area contributed by atoms with Gasteiger partial charge in [0.05, 0.1) is 12.2 Å². The largest absolute Gasteiger partial charge is 0.347 e. The van der Waals surface area contributed by atoms with Crippen LogP contribution in [0.5, 0.6) is 0 Å². The molecule has 6 nitrogen and oxygen atoms in total. The molecule has 0 aliphatic carbocycles. The van der Waals surface area contributed by atoms with Crippen molar-refractivity contribution in [1.29, 1.82) is 0 Å². The molecule has 3 rings (SSSR count). The molecule has 0 atom stereocenters. The van der Waals surface area contributed by atoms with Crippen LogP contribution in [0.1, 0.15) is 5.69 Å². The quantitative estimate of drug-likeness (QED) is 0.802. The van der Waals surface area contributed by atoms with E-state index >= 15 is 0 Å². The second kappa shape index (κ2) is 4.41. The maximum Gasteiger partial charge on any atom is 0.243 e. The van der Waals surface area contributed by atoms with Gasteiger partial charge in [0, 0.05) is 23.9 Å². The highest BCUT2D eigenvalue weighted by Gasteiger charge is 2.04. The molecule has 3 aromatic heterocycles. The molecule has 0 unspecified atom stereocenters. The fraction of sp³-hybridized carbons (Fsp3) is 0.182. The van der Waals surface area contributed by atoms with E-state index < -0.39 is 0 Å². The second-order valence-corrected chi connectivity index (χ2v) is 4.80. The zero-order chi connectivity index (χ0) is 12.5. The minimum absolute atomic E-state index is 0.606. The Hall–Kier alpha value is -1.89. The number of rotatable bonds is 3. The van der Waals surface area contributed by atoms with E-state index in [-0.39, 0.29) is 0 Å². The zero-order valence-corrected chi connectivity index (χ0v) is 11.3. The minimum Gasteiger partial charge on any atom is -0.347 e. The zero-order valence-electron chi connectivity index (χ0n) is 9.71. The van der Waals surface area contributed by atoms with Gasteiger partial charge in [-0.25, -0.2) is 4.52 Å². The number of fused-ring (bicyclic) bond motifs is 1. The van der Waals surface area contributed by atoms with Crippen molar-refractivity contribution in [3.05, 3.63) is 40.8 Å². The summed E-state index contributed by atoms with van der Waals surface area (Å²) in [6, 6.07) is 5.81. The average Bonchev–Trinajstić information content (AvgIpc) is 2.92. The molecular weight excluding hydrogens is 296 g/mol. The first-order valence-electron chi connectivity index (χ1n) is 5.45. The van der Waals surface area contributed by atoms with Crippen LogP contribution in [0.25, 0.3) is 5.65 Å². The van der Waals surface area contributed by atoms with E-state index in [9.17, 15) is 0 Å². The maximum atomic E-state index is 4.37. The Labute approximate surface area is 112 Å². The van der Waals surface area contributed by atoms with E-state index in [0.29, 0.717) is 12.5 Å². The molecule has 0 aliphatic heterocycles. The van der Waals surface area contributed by atoms with Gasteiger partial charge in [-0.3, -0.25) is 4.68 Å². The number of aromatic nitrogens is 5. The molecular formula is C11H11BrN6. The van der Waals surface area contributed by atoms with Crippen molar-refractivity contribution in [3.63, 3.8) is 0 Å². The van der Waals surface area contributed by atoms with Gasteiger partial charge in [-0.2, -0.15) is 10.1 Å². The number of nitrogens with one attached hydrogen (secondary N) is 1. The van der Waals surface area contributed by atoms with Gasteiger partial charge in [0.25, 0.3) is 0 Å². The van der Waals surface area contributed by atoms with Crippen LogP contribution >= 0.6 is 15.9 Å². The van der Waals surface area contributed by atoms with Gasteiger partial charge in [-0.15, -0.1) is 5.10 Å². The van der Waals surface area contributed by atoms with Gasteiger partial charge in [0.15, 0.2) is 5.65 Å². The standard InChI is InChI=1S/C11H11BrN6/c1-17-9(4-5-14-17)6-13-11-15-10-3-2-8(12)7-18(10)16-11/h2-5,7H,6H2,1H3,(H,13,16). The summed E-state index contributed by atoms with van der Waals surface area (Å²) in [5, 5.41) is 11.6. The van der Waals surface area contributed by atoms with Crippen LogP contribution in [0.2, 0.25) is 0 Å². The van der Waals surface area contributed by atoms with E-state index in [1.807, 2.05) is 36.1 Å². The summed E-state index contributed by atoms with van der Waals surface area (Å²) in [5.41, 5.74) is 1.89. The molecule has 3 aromatic rings. The molecule has 0 amide bonds. The maximum absolute atomic E-state index is 4.37. The predicted molar refractivity (Wildman–Crippen MR) is 71.2 cm³/mol. The van der Waals surface area contributed by atoms with E-state index in [0.717, 1.165) is 15.8 Å². The van der Waals surface area contributed by atoms with Crippen molar-refractivity contribution >= 4 is 27.5 Å². The van der Waals surface area contributed by atoms with Crippen LogP contribution in [0.3, 0.4) is 0 Å². The lowest BCUT2D eigenvalue weighted by atomic mass is 10.4. The lowest BCUT2D eigenvalue weighted by Crippen LogP contribution is -2.06. The normalized spacial score (nSPS) is 11.0. The number of pyridine rings is 1. The van der Waals surface area contributed by atoms with Crippen LogP contribution in [-0.2, 0) is 13.6 Å². The van der Waals surface area contributed by atoms with Crippen molar-refractivity contribution in [2.45, 2.75) is 6.54 Å². The summed E-state index contributed by atoms with van der Waals surface area (Å²) in [4.78, 5) is 4.37. The van der Waals surface area contributed by atoms with Crippen molar-refractivity contribution < 1.29 is 0 Å². The Bertz CT molecular complexity index is 686. The third-order valence-corrected chi connectivity index (χ3v) is 3.11. The number of nitrogens with zero attached hydrogens (tertiary/aromatic N) is 5. The third kappa shape index (κ3) is 2.08. The Morgan fingerprint density at radius 3 is 3.00 bits per heavy atom. The minimum atomic E-state index is 0.606. The van der Waals surface area contributed by atoms with Gasteiger partial charge in [-0.05, 0) is 34.1 Å². The van der Waals surface area contributed by atoms with E-state index in [2.05, 4.69) is 36.4 Å². The Balaban J connectivity index is 1.81. The second-order valence-electron chi connectivity index (χ2n) is 3.89. The van der Waals surface area contributed by atoms with Crippen LogP contribution in [0.15, 0.2) is 35.1 Å². The molecule has 3 heterocycles. The predicted octanol–water partition coefficient (Wildman–Crippen LogP) is 1.84. The molecule has 0 bridgehead atoms. The first-order chi connectivity index (χ1) is 8.72. The van der Waals surface area contributed by atoms with E-state index in [1.165, 1.54) is 0 Å². The number of halogens is 1. The van der Waals surface area contributed by atoms with Crippen molar-refractivity contribution in [3.8, 4) is 0 Å². The summed E-state index contributed by atoms with van der Waals surface area (Å²) >= 11 is 3.40. The molecule has 0 radical (unpaired) electrons. The number of aryl methyl sites for hydroxylation is 1. The molecule has 1 N–H and O–H groups in total. The first kappa shape index (κ1) is 11.2. The molecule has 7 heteroatoms. The highest BCUT2D eigenvalue weighted by molar-refractivity contribution is 9.10. The van der Waals surface area contributed by atoms with Gasteiger partial charge in [0.1, 0.15) is 0 Å². The molecule has 0 saturated heterocycles. The van der Waals surface area contributed by atoms with Gasteiger partial charge < -0.3 is 5.32 Å². The lowest BCUT2D eigenvalue weighted by molar-refractivity contribution is 0.719. The summed E-state index contributed by atoms with van der Waals surface area (Å²) in [7, 11) is 1.91. The molecule has 0 aromatic carbocycles. The summed E-state index contributed by atoms with van der Waals surface area (Å²) in [5.74, 6) is 0.606. The van der Waals surface area contributed by atoms with Crippen molar-refractivity contribution in [2.75, 3.05) is 5.32 Å². The summed E-state index contributed by atoms with van der Waals surface area (Å²) in [6.45, 7) is 0.647. The van der Waals surface area contributed by atoms with Crippen LogP contribution in [0, 0.1) is 0 Å². The highest BCUT2D eigenvalue weighted by atomic mass is 79.9. The number of hydrogen-bond donors (Lipinski definition) is 1. The van der Waals surface area contributed by atoms with E-state index in [4.69, 9.17) is 0 Å². The van der Waals surface area contributed by atoms with Gasteiger partial charge in [-0.1, -0.05) is 0 Å². The molecule has 0 saturated carbocycles. The van der Waals surface area contributed by atoms with Crippen molar-refractivity contribution in [1.82, 2.24) is 24.4 Å². The molecule has 92 valence electrons. The SMILES string of the molecule is Cn1nccc1CNc1nc2ccc(Br)cn2n1. The molecule has 18 heavy (non-hydrogen) atoms. The van der Waals surface area contributed by atoms with Gasteiger partial charge in [0.2, 0.25) is 5.95 Å². The third-order valence-electron chi connectivity index (χ3n) is 2.64. The molecule has 0 spiro atoms. The van der Waals surface area contributed by atoms with E-state index in [1.54, 1.807) is 10.7 Å². The van der Waals surface area contributed by atoms with Crippen LogP contribution in [-0.4, -0.2) is 24.4 Å². The number of hydrogen-bond acceptors (Lipinski definition) is 4. The monoisotopic (exact) mass is 306 g/mol. The Morgan fingerprint density at radius 1 is 1.33 bits per heavy atom.